The summed E-state index contributed by atoms with van der Waals surface area (Å²) in [6.07, 6.45) is 0.962. The molecule has 0 radical (unpaired) electrons. The lowest BCUT2D eigenvalue weighted by Crippen LogP contribution is -2.11. The highest BCUT2D eigenvalue weighted by Gasteiger charge is 2.28. The Balaban J connectivity index is 2.18. The Morgan fingerprint density at radius 2 is 1.45 bits per heavy atom. The zero-order valence-corrected chi connectivity index (χ0v) is 12.6. The van der Waals surface area contributed by atoms with Crippen molar-refractivity contribution in [2.75, 3.05) is 0 Å². The number of rotatable bonds is 1. The van der Waals surface area contributed by atoms with Crippen LogP contribution < -0.4 is 0 Å². The molecule has 1 heteroatoms. The molecule has 0 aromatic heterocycles. The first-order chi connectivity index (χ1) is 9.41. The molecule has 1 aliphatic rings. The van der Waals surface area contributed by atoms with Crippen LogP contribution in [-0.2, 0) is 11.8 Å². The molecule has 2 aromatic rings. The van der Waals surface area contributed by atoms with Crippen LogP contribution in [0.15, 0.2) is 36.4 Å². The van der Waals surface area contributed by atoms with Gasteiger partial charge >= 0.3 is 0 Å². The number of carbonyl (C=O) groups excluding carboxylic acids is 1. The second-order valence-corrected chi connectivity index (χ2v) is 6.57. The summed E-state index contributed by atoms with van der Waals surface area (Å²) in [7, 11) is 0. The Kier molecular flexibility index (Phi) is 2.82. The van der Waals surface area contributed by atoms with Crippen molar-refractivity contribution < 1.29 is 4.79 Å². The number of aryl methyl sites for hydroxylation is 1. The maximum atomic E-state index is 12.6. The van der Waals surface area contributed by atoms with Crippen molar-refractivity contribution in [3.05, 3.63) is 58.7 Å². The molecule has 0 amide bonds. The zero-order chi connectivity index (χ0) is 14.5. The van der Waals surface area contributed by atoms with Crippen molar-refractivity contribution in [1.29, 1.82) is 0 Å². The first-order valence-corrected chi connectivity index (χ1v) is 7.24. The van der Waals surface area contributed by atoms with Crippen LogP contribution in [0.5, 0.6) is 0 Å². The molecule has 102 valence electrons. The fourth-order valence-electron chi connectivity index (χ4n) is 2.81. The van der Waals surface area contributed by atoms with Crippen molar-refractivity contribution in [3.8, 4) is 11.1 Å². The van der Waals surface area contributed by atoms with E-state index in [1.165, 1.54) is 11.1 Å². The van der Waals surface area contributed by atoms with Crippen LogP contribution in [0.1, 0.15) is 54.7 Å². The molecular weight excluding hydrogens is 244 g/mol. The molecule has 0 spiro atoms. The van der Waals surface area contributed by atoms with Gasteiger partial charge in [0, 0.05) is 11.1 Å². The van der Waals surface area contributed by atoms with Gasteiger partial charge in [-0.25, -0.2) is 0 Å². The third-order valence-corrected chi connectivity index (χ3v) is 4.16. The molecule has 1 aliphatic carbocycles. The van der Waals surface area contributed by atoms with E-state index in [9.17, 15) is 4.79 Å². The summed E-state index contributed by atoms with van der Waals surface area (Å²) in [6.45, 7) is 8.65. The maximum Gasteiger partial charge on any atom is 0.194 e. The molecule has 0 bridgehead atoms. The monoisotopic (exact) mass is 264 g/mol. The van der Waals surface area contributed by atoms with Gasteiger partial charge in [-0.15, -0.1) is 0 Å². The highest BCUT2D eigenvalue weighted by molar-refractivity contribution is 6.21. The van der Waals surface area contributed by atoms with Crippen LogP contribution in [0, 0.1) is 0 Å². The number of benzene rings is 2. The Morgan fingerprint density at radius 1 is 0.850 bits per heavy atom. The number of ketones is 1. The molecule has 0 saturated heterocycles. The Bertz CT molecular complexity index is 702. The maximum absolute atomic E-state index is 12.6. The molecule has 1 nitrogen and oxygen atoms in total. The first kappa shape index (κ1) is 13.1. The molecular formula is C19H20O. The summed E-state index contributed by atoms with van der Waals surface area (Å²) < 4.78 is 0. The van der Waals surface area contributed by atoms with Crippen LogP contribution in [-0.4, -0.2) is 5.78 Å². The van der Waals surface area contributed by atoms with Gasteiger partial charge in [0.05, 0.1) is 0 Å². The van der Waals surface area contributed by atoms with Crippen molar-refractivity contribution >= 4 is 5.78 Å². The minimum Gasteiger partial charge on any atom is -0.289 e. The quantitative estimate of drug-likeness (QED) is 0.619. The molecule has 0 unspecified atom stereocenters. The average molecular weight is 264 g/mol. The Hall–Kier alpha value is -1.89. The van der Waals surface area contributed by atoms with E-state index >= 15 is 0 Å². The van der Waals surface area contributed by atoms with Gasteiger partial charge in [0.15, 0.2) is 5.78 Å². The predicted molar refractivity (Wildman–Crippen MR) is 83.4 cm³/mol. The Labute approximate surface area is 120 Å². The van der Waals surface area contributed by atoms with Crippen molar-refractivity contribution in [2.45, 2.75) is 39.5 Å². The predicted octanol–water partition coefficient (Wildman–Crippen LogP) is 4.76. The van der Waals surface area contributed by atoms with E-state index in [0.717, 1.165) is 28.7 Å². The smallest absolute Gasteiger partial charge is 0.194 e. The second kappa shape index (κ2) is 4.31. The van der Waals surface area contributed by atoms with E-state index in [2.05, 4.69) is 64.1 Å². The van der Waals surface area contributed by atoms with Gasteiger partial charge in [-0.3, -0.25) is 4.79 Å². The van der Waals surface area contributed by atoms with E-state index in [0.29, 0.717) is 0 Å². The minimum absolute atomic E-state index is 0.0681. The van der Waals surface area contributed by atoms with Crippen LogP contribution in [0.25, 0.3) is 11.1 Å². The summed E-state index contributed by atoms with van der Waals surface area (Å²) in [6, 6.07) is 12.6. The van der Waals surface area contributed by atoms with E-state index in [4.69, 9.17) is 0 Å². The molecule has 0 heterocycles. The third kappa shape index (κ3) is 1.89. The van der Waals surface area contributed by atoms with Gasteiger partial charge in [-0.1, -0.05) is 52.0 Å². The van der Waals surface area contributed by atoms with Gasteiger partial charge in [0.25, 0.3) is 0 Å². The van der Waals surface area contributed by atoms with Gasteiger partial charge in [-0.05, 0) is 46.2 Å². The van der Waals surface area contributed by atoms with E-state index in [1.807, 2.05) is 0 Å². The molecule has 20 heavy (non-hydrogen) atoms. The zero-order valence-electron chi connectivity index (χ0n) is 12.6. The van der Waals surface area contributed by atoms with Crippen LogP contribution >= 0.6 is 0 Å². The molecule has 3 rings (SSSR count). The highest BCUT2D eigenvalue weighted by atomic mass is 16.1. The molecule has 0 atom stereocenters. The molecule has 0 N–H and O–H groups in total. The fourth-order valence-corrected chi connectivity index (χ4v) is 2.81. The van der Waals surface area contributed by atoms with E-state index < -0.39 is 0 Å². The standard InChI is InChI=1S/C19H20O/c1-5-12-6-8-14-15-9-7-13(19(2,3)4)11-17(15)18(20)16(14)10-12/h6-11H,5H2,1-4H3. The topological polar surface area (TPSA) is 17.1 Å². The van der Waals surface area contributed by atoms with Gasteiger partial charge in [0.1, 0.15) is 0 Å². The van der Waals surface area contributed by atoms with Gasteiger partial charge in [0.2, 0.25) is 0 Å². The number of carbonyl (C=O) groups is 1. The van der Waals surface area contributed by atoms with E-state index in [-0.39, 0.29) is 11.2 Å². The lowest BCUT2D eigenvalue weighted by molar-refractivity contribution is 0.104. The lowest BCUT2D eigenvalue weighted by atomic mass is 9.85. The molecule has 0 fully saturated rings. The fraction of sp³-hybridized carbons (Fsp3) is 0.316. The normalized spacial score (nSPS) is 13.3. The third-order valence-electron chi connectivity index (χ3n) is 4.16. The van der Waals surface area contributed by atoms with Crippen LogP contribution in [0.3, 0.4) is 0 Å². The largest absolute Gasteiger partial charge is 0.289 e. The van der Waals surface area contributed by atoms with Crippen molar-refractivity contribution in [3.63, 3.8) is 0 Å². The van der Waals surface area contributed by atoms with Gasteiger partial charge in [-0.2, -0.15) is 0 Å². The summed E-state index contributed by atoms with van der Waals surface area (Å²) in [5.41, 5.74) is 6.40. The second-order valence-electron chi connectivity index (χ2n) is 6.57. The number of fused-ring (bicyclic) bond motifs is 3. The average Bonchev–Trinajstić information content (AvgIpc) is 2.70. The SMILES string of the molecule is CCc1ccc2c(c1)C(=O)c1cc(C(C)(C)C)ccc1-2. The van der Waals surface area contributed by atoms with Crippen molar-refractivity contribution in [2.24, 2.45) is 0 Å². The highest BCUT2D eigenvalue weighted by Crippen LogP contribution is 2.39. The summed E-state index contributed by atoms with van der Waals surface area (Å²) in [4.78, 5) is 12.6. The van der Waals surface area contributed by atoms with Gasteiger partial charge < -0.3 is 0 Å². The first-order valence-electron chi connectivity index (χ1n) is 7.24. The van der Waals surface area contributed by atoms with Crippen LogP contribution in [0.2, 0.25) is 0 Å². The number of hydrogen-bond acceptors (Lipinski definition) is 1. The molecule has 0 saturated carbocycles. The summed E-state index contributed by atoms with van der Waals surface area (Å²) >= 11 is 0. The Morgan fingerprint density at radius 3 is 2.05 bits per heavy atom. The minimum atomic E-state index is 0.0681. The molecule has 2 aromatic carbocycles. The van der Waals surface area contributed by atoms with Crippen molar-refractivity contribution in [1.82, 2.24) is 0 Å². The lowest BCUT2D eigenvalue weighted by Gasteiger charge is -2.19. The summed E-state index contributed by atoms with van der Waals surface area (Å²) in [5.74, 6) is 0.177. The summed E-state index contributed by atoms with van der Waals surface area (Å²) in [5, 5.41) is 0. The van der Waals surface area contributed by atoms with Crippen LogP contribution in [0.4, 0.5) is 0 Å². The number of hydrogen-bond donors (Lipinski definition) is 0. The van der Waals surface area contributed by atoms with E-state index in [1.54, 1.807) is 0 Å². The molecule has 0 aliphatic heterocycles.